The first-order valence-electron chi connectivity index (χ1n) is 4.80. The Balaban J connectivity index is 2.85. The third-order valence-corrected chi connectivity index (χ3v) is 2.16. The number of rotatable bonds is 5. The lowest BCUT2D eigenvalue weighted by Gasteiger charge is -2.18. The molecule has 3 N–H and O–H groups in total. The minimum atomic E-state index is -4.20. The Morgan fingerprint density at radius 3 is 2.50 bits per heavy atom. The fourth-order valence-electron chi connectivity index (χ4n) is 1.17. The third-order valence-electron chi connectivity index (χ3n) is 2.16. The number of hydrogen-bond donors (Lipinski definition) is 2. The summed E-state index contributed by atoms with van der Waals surface area (Å²) in [7, 11) is 1.17. The van der Waals surface area contributed by atoms with Gasteiger partial charge in [-0.15, -0.1) is 0 Å². The van der Waals surface area contributed by atoms with Gasteiger partial charge in [-0.05, 0) is 0 Å². The first kappa shape index (κ1) is 14.3. The first-order valence-corrected chi connectivity index (χ1v) is 4.80. The molecule has 0 fully saturated rings. The molecule has 0 atom stereocenters. The number of benzene rings is 1. The van der Waals surface area contributed by atoms with Crippen molar-refractivity contribution in [2.45, 2.75) is 12.3 Å². The zero-order valence-corrected chi connectivity index (χ0v) is 9.31. The molecule has 0 bridgehead atoms. The second-order valence-corrected chi connectivity index (χ2v) is 3.49. The van der Waals surface area contributed by atoms with Gasteiger partial charge in [0.05, 0.1) is 25.0 Å². The van der Waals surface area contributed by atoms with E-state index in [0.717, 1.165) is 12.1 Å². The summed E-state index contributed by atoms with van der Waals surface area (Å²) in [6.45, 7) is -1.32. The van der Waals surface area contributed by atoms with Crippen molar-refractivity contribution >= 4 is 11.4 Å². The maximum Gasteiger partial charge on any atom is 0.324 e. The van der Waals surface area contributed by atoms with E-state index < -0.39 is 24.7 Å². The lowest BCUT2D eigenvalue weighted by molar-refractivity contribution is -0.117. The largest absolute Gasteiger partial charge is 0.494 e. The van der Waals surface area contributed by atoms with Gasteiger partial charge < -0.3 is 15.8 Å². The second-order valence-electron chi connectivity index (χ2n) is 3.49. The molecule has 8 heteroatoms. The molecule has 0 amide bonds. The second kappa shape index (κ2) is 5.28. The standard InChI is InChI=1S/C10H11F5N2O/c1-18-8-3-7(6(16)2-5(8)11)17-4-10(14,15)9(12)13/h2-3,9,17H,4,16H2,1H3. The maximum absolute atomic E-state index is 13.1. The molecule has 0 heterocycles. The summed E-state index contributed by atoms with van der Waals surface area (Å²) in [4.78, 5) is 0. The molecular weight excluding hydrogens is 259 g/mol. The molecular formula is C10H11F5N2O. The molecule has 1 aromatic carbocycles. The molecule has 102 valence electrons. The summed E-state index contributed by atoms with van der Waals surface area (Å²) in [5, 5.41) is 2.03. The Kier molecular flexibility index (Phi) is 4.20. The first-order chi connectivity index (χ1) is 8.27. The van der Waals surface area contributed by atoms with Crippen LogP contribution in [0.15, 0.2) is 12.1 Å². The van der Waals surface area contributed by atoms with Crippen LogP contribution in [0, 0.1) is 5.82 Å². The van der Waals surface area contributed by atoms with E-state index in [1.807, 2.05) is 5.32 Å². The minimum Gasteiger partial charge on any atom is -0.494 e. The van der Waals surface area contributed by atoms with Crippen molar-refractivity contribution in [1.29, 1.82) is 0 Å². The number of ether oxygens (including phenoxy) is 1. The zero-order chi connectivity index (χ0) is 13.9. The van der Waals surface area contributed by atoms with Gasteiger partial charge in [0.25, 0.3) is 0 Å². The van der Waals surface area contributed by atoms with E-state index in [9.17, 15) is 22.0 Å². The highest BCUT2D eigenvalue weighted by Crippen LogP contribution is 2.30. The van der Waals surface area contributed by atoms with E-state index in [2.05, 4.69) is 4.74 Å². The number of halogens is 5. The Morgan fingerprint density at radius 2 is 2.00 bits per heavy atom. The number of methoxy groups -OCH3 is 1. The highest BCUT2D eigenvalue weighted by molar-refractivity contribution is 5.68. The van der Waals surface area contributed by atoms with Gasteiger partial charge in [-0.1, -0.05) is 0 Å². The Bertz CT molecular complexity index is 425. The van der Waals surface area contributed by atoms with Gasteiger partial charge in [0, 0.05) is 12.1 Å². The molecule has 0 aliphatic carbocycles. The van der Waals surface area contributed by atoms with Crippen LogP contribution in [-0.4, -0.2) is 26.0 Å². The smallest absolute Gasteiger partial charge is 0.324 e. The zero-order valence-electron chi connectivity index (χ0n) is 9.31. The summed E-state index contributed by atoms with van der Waals surface area (Å²) >= 11 is 0. The molecule has 0 aliphatic rings. The van der Waals surface area contributed by atoms with Crippen molar-refractivity contribution in [2.75, 3.05) is 24.7 Å². The van der Waals surface area contributed by atoms with E-state index >= 15 is 0 Å². The maximum atomic E-state index is 13.1. The molecule has 0 saturated heterocycles. The van der Waals surface area contributed by atoms with Gasteiger partial charge in [-0.2, -0.15) is 8.78 Å². The van der Waals surface area contributed by atoms with Gasteiger partial charge in [0.1, 0.15) is 0 Å². The summed E-state index contributed by atoms with van der Waals surface area (Å²) in [6, 6.07) is 1.87. The quantitative estimate of drug-likeness (QED) is 0.639. The van der Waals surface area contributed by atoms with Gasteiger partial charge in [-0.3, -0.25) is 0 Å². The normalized spacial score (nSPS) is 11.7. The highest BCUT2D eigenvalue weighted by atomic mass is 19.3. The topological polar surface area (TPSA) is 47.3 Å². The summed E-state index contributed by atoms with van der Waals surface area (Å²) < 4.78 is 66.9. The molecule has 0 aromatic heterocycles. The van der Waals surface area contributed by atoms with E-state index in [4.69, 9.17) is 5.73 Å². The molecule has 1 rings (SSSR count). The van der Waals surface area contributed by atoms with E-state index in [1.165, 1.54) is 7.11 Å². The van der Waals surface area contributed by atoms with E-state index in [-0.39, 0.29) is 17.1 Å². The molecule has 18 heavy (non-hydrogen) atoms. The number of nitrogen functional groups attached to an aromatic ring is 1. The van der Waals surface area contributed by atoms with Crippen molar-refractivity contribution in [3.63, 3.8) is 0 Å². The van der Waals surface area contributed by atoms with E-state index in [1.54, 1.807) is 0 Å². The van der Waals surface area contributed by atoms with Crippen molar-refractivity contribution in [3.8, 4) is 5.75 Å². The molecule has 0 aliphatic heterocycles. The van der Waals surface area contributed by atoms with Crippen LogP contribution in [0.25, 0.3) is 0 Å². The van der Waals surface area contributed by atoms with Crippen LogP contribution < -0.4 is 15.8 Å². The van der Waals surface area contributed by atoms with E-state index in [0.29, 0.717) is 0 Å². The summed E-state index contributed by atoms with van der Waals surface area (Å²) in [6.07, 6.45) is -3.80. The fraction of sp³-hybridized carbons (Fsp3) is 0.400. The average Bonchev–Trinajstić information content (AvgIpc) is 2.27. The number of nitrogens with two attached hydrogens (primary N) is 1. The van der Waals surface area contributed by atoms with Crippen molar-refractivity contribution in [2.24, 2.45) is 0 Å². The van der Waals surface area contributed by atoms with Crippen LogP contribution in [0.3, 0.4) is 0 Å². The lowest BCUT2D eigenvalue weighted by Crippen LogP contribution is -2.35. The summed E-state index contributed by atoms with van der Waals surface area (Å²) in [5.41, 5.74) is 5.07. The molecule has 0 spiro atoms. The van der Waals surface area contributed by atoms with Crippen LogP contribution in [0.1, 0.15) is 0 Å². The summed E-state index contributed by atoms with van der Waals surface area (Å²) in [5.74, 6) is -5.21. The third kappa shape index (κ3) is 3.14. The van der Waals surface area contributed by atoms with Crippen LogP contribution in [0.5, 0.6) is 5.75 Å². The Hall–Kier alpha value is -1.73. The number of alkyl halides is 4. The highest BCUT2D eigenvalue weighted by Gasteiger charge is 2.40. The van der Waals surface area contributed by atoms with Gasteiger partial charge in [0.15, 0.2) is 11.6 Å². The number of hydrogen-bond acceptors (Lipinski definition) is 3. The van der Waals surface area contributed by atoms with Gasteiger partial charge >= 0.3 is 12.3 Å². The van der Waals surface area contributed by atoms with Crippen molar-refractivity contribution < 1.29 is 26.7 Å². The number of nitrogens with one attached hydrogen (secondary N) is 1. The Labute approximate surface area is 99.7 Å². The monoisotopic (exact) mass is 270 g/mol. The fourth-order valence-corrected chi connectivity index (χ4v) is 1.17. The molecule has 0 radical (unpaired) electrons. The van der Waals surface area contributed by atoms with Gasteiger partial charge in [-0.25, -0.2) is 13.2 Å². The van der Waals surface area contributed by atoms with Gasteiger partial charge in [0.2, 0.25) is 0 Å². The predicted octanol–water partition coefficient (Wildman–Crippen LogP) is 2.73. The van der Waals surface area contributed by atoms with Crippen molar-refractivity contribution in [3.05, 3.63) is 17.9 Å². The van der Waals surface area contributed by atoms with Crippen LogP contribution in [0.2, 0.25) is 0 Å². The number of anilines is 2. The lowest BCUT2D eigenvalue weighted by atomic mass is 10.2. The predicted molar refractivity (Wildman–Crippen MR) is 56.8 cm³/mol. The molecule has 1 aromatic rings. The minimum absolute atomic E-state index is 0.103. The van der Waals surface area contributed by atoms with Crippen LogP contribution >= 0.6 is 0 Å². The van der Waals surface area contributed by atoms with Crippen LogP contribution in [0.4, 0.5) is 33.3 Å². The molecule has 3 nitrogen and oxygen atoms in total. The average molecular weight is 270 g/mol. The molecule has 0 unspecified atom stereocenters. The van der Waals surface area contributed by atoms with Crippen molar-refractivity contribution in [1.82, 2.24) is 0 Å². The Morgan fingerprint density at radius 1 is 1.39 bits per heavy atom. The molecule has 0 saturated carbocycles. The van der Waals surface area contributed by atoms with Crippen LogP contribution in [-0.2, 0) is 0 Å². The SMILES string of the molecule is COc1cc(NCC(F)(F)C(F)F)c(N)cc1F.